The quantitative estimate of drug-likeness (QED) is 0.544. The van der Waals surface area contributed by atoms with Gasteiger partial charge in [-0.25, -0.2) is 0 Å². The van der Waals surface area contributed by atoms with Crippen molar-refractivity contribution in [3.05, 3.63) is 60.2 Å². The third-order valence-electron chi connectivity index (χ3n) is 4.82. The monoisotopic (exact) mass is 381 g/mol. The topological polar surface area (TPSA) is 72.9 Å². The van der Waals surface area contributed by atoms with Crippen LogP contribution in [-0.2, 0) is 14.3 Å². The molecule has 6 heteroatoms. The van der Waals surface area contributed by atoms with Crippen LogP contribution in [0.4, 0.5) is 5.69 Å². The van der Waals surface area contributed by atoms with Gasteiger partial charge in [0.25, 0.3) is 0 Å². The average molecular weight is 381 g/mol. The molecule has 0 unspecified atom stereocenters. The van der Waals surface area contributed by atoms with E-state index in [0.29, 0.717) is 23.4 Å². The van der Waals surface area contributed by atoms with E-state index in [0.717, 1.165) is 0 Å². The Morgan fingerprint density at radius 3 is 2.39 bits per heavy atom. The Hall–Kier alpha value is -3.15. The van der Waals surface area contributed by atoms with Gasteiger partial charge in [0.05, 0.1) is 13.0 Å². The maximum atomic E-state index is 12.6. The molecule has 0 spiro atoms. The zero-order valence-corrected chi connectivity index (χ0v) is 16.0. The maximum Gasteiger partial charge on any atom is 0.312 e. The average Bonchev–Trinajstić information content (AvgIpc) is 3.13. The van der Waals surface area contributed by atoms with Crippen molar-refractivity contribution < 1.29 is 23.9 Å². The highest BCUT2D eigenvalue weighted by Crippen LogP contribution is 2.28. The van der Waals surface area contributed by atoms with Crippen LogP contribution in [-0.4, -0.2) is 37.4 Å². The number of hydrogen-bond acceptors (Lipinski definition) is 5. The first-order valence-corrected chi connectivity index (χ1v) is 9.27. The van der Waals surface area contributed by atoms with Crippen LogP contribution >= 0.6 is 0 Å². The molecule has 1 amide bonds. The molecular weight excluding hydrogens is 358 g/mol. The summed E-state index contributed by atoms with van der Waals surface area (Å²) in [5, 5.41) is 0. The maximum absolute atomic E-state index is 12.6. The Balaban J connectivity index is 1.65. The number of carbonyl (C=O) groups excluding carboxylic acids is 3. The van der Waals surface area contributed by atoms with Crippen LogP contribution in [0.3, 0.4) is 0 Å². The van der Waals surface area contributed by atoms with Crippen molar-refractivity contribution in [3.63, 3.8) is 0 Å². The van der Waals surface area contributed by atoms with Crippen LogP contribution < -0.4 is 9.64 Å². The second-order valence-electron chi connectivity index (χ2n) is 6.67. The van der Waals surface area contributed by atoms with Crippen molar-refractivity contribution in [1.82, 2.24) is 0 Å². The lowest BCUT2D eigenvalue weighted by atomic mass is 10.0. The highest BCUT2D eigenvalue weighted by atomic mass is 16.5. The lowest BCUT2D eigenvalue weighted by molar-refractivity contribution is -0.151. The number of esters is 1. The number of ether oxygens (including phenoxy) is 2. The molecule has 1 saturated heterocycles. The van der Waals surface area contributed by atoms with Crippen LogP contribution in [0.1, 0.15) is 30.1 Å². The number of hydrogen-bond donors (Lipinski definition) is 0. The summed E-state index contributed by atoms with van der Waals surface area (Å²) in [6.07, 6.45) is -0.400. The Morgan fingerprint density at radius 2 is 1.79 bits per heavy atom. The van der Waals surface area contributed by atoms with E-state index in [1.807, 2.05) is 6.07 Å². The van der Waals surface area contributed by atoms with E-state index in [4.69, 9.17) is 9.47 Å². The number of amides is 1. The van der Waals surface area contributed by atoms with Gasteiger partial charge in [0.15, 0.2) is 6.10 Å². The summed E-state index contributed by atoms with van der Waals surface area (Å²) in [4.78, 5) is 39.1. The molecule has 0 saturated carbocycles. The predicted octanol–water partition coefficient (Wildman–Crippen LogP) is 3.25. The van der Waals surface area contributed by atoms with E-state index >= 15 is 0 Å². The summed E-state index contributed by atoms with van der Waals surface area (Å²) in [5.41, 5.74) is 1.21. The van der Waals surface area contributed by atoms with Crippen molar-refractivity contribution >= 4 is 23.3 Å². The molecule has 146 valence electrons. The summed E-state index contributed by atoms with van der Waals surface area (Å²) >= 11 is 0. The Bertz CT molecular complexity index is 847. The van der Waals surface area contributed by atoms with Gasteiger partial charge in [0, 0.05) is 24.2 Å². The number of benzene rings is 2. The van der Waals surface area contributed by atoms with Gasteiger partial charge >= 0.3 is 5.97 Å². The van der Waals surface area contributed by atoms with E-state index in [1.165, 1.54) is 0 Å². The molecule has 0 radical (unpaired) electrons. The Morgan fingerprint density at radius 1 is 1.11 bits per heavy atom. The number of anilines is 1. The van der Waals surface area contributed by atoms with Crippen LogP contribution in [0.5, 0.6) is 5.75 Å². The van der Waals surface area contributed by atoms with E-state index in [2.05, 4.69) is 0 Å². The van der Waals surface area contributed by atoms with E-state index < -0.39 is 18.0 Å². The largest absolute Gasteiger partial charge is 0.497 e. The number of carbonyl (C=O) groups is 3. The summed E-state index contributed by atoms with van der Waals surface area (Å²) in [6.45, 7) is 2.03. The minimum atomic E-state index is -0.847. The van der Waals surface area contributed by atoms with Gasteiger partial charge < -0.3 is 14.4 Å². The summed E-state index contributed by atoms with van der Waals surface area (Å²) in [6, 6.07) is 15.8. The molecule has 1 aliphatic rings. The molecule has 2 atom stereocenters. The first-order valence-electron chi connectivity index (χ1n) is 9.27. The lowest BCUT2D eigenvalue weighted by Crippen LogP contribution is -2.31. The number of Topliss-reactive ketones (excluding diaryl/α,β-unsaturated/α-hetero) is 1. The smallest absolute Gasteiger partial charge is 0.312 e. The van der Waals surface area contributed by atoms with Gasteiger partial charge in [-0.3, -0.25) is 14.4 Å². The van der Waals surface area contributed by atoms with Gasteiger partial charge in [-0.1, -0.05) is 37.3 Å². The minimum absolute atomic E-state index is 0.0703. The minimum Gasteiger partial charge on any atom is -0.497 e. The molecule has 0 bridgehead atoms. The summed E-state index contributed by atoms with van der Waals surface area (Å²) in [7, 11) is 1.57. The highest BCUT2D eigenvalue weighted by Gasteiger charge is 2.37. The standard InChI is InChI=1S/C22H23NO5/c1-3-19(21(25)15-7-5-4-6-8-15)28-22(26)16-13-20(24)23(14-16)17-9-11-18(27-2)12-10-17/h4-12,16,19H,3,13-14H2,1-2H3/t16-,19-/m0/s1. The zero-order chi connectivity index (χ0) is 20.1. The molecular formula is C22H23NO5. The van der Waals surface area contributed by atoms with Crippen LogP contribution in [0.2, 0.25) is 0 Å². The third-order valence-corrected chi connectivity index (χ3v) is 4.82. The van der Waals surface area contributed by atoms with Crippen molar-refractivity contribution in [2.75, 3.05) is 18.6 Å². The van der Waals surface area contributed by atoms with E-state index in [9.17, 15) is 14.4 Å². The molecule has 0 aliphatic carbocycles. The lowest BCUT2D eigenvalue weighted by Gasteiger charge is -2.19. The first-order chi connectivity index (χ1) is 13.5. The van der Waals surface area contributed by atoms with Gasteiger partial charge in [0.2, 0.25) is 11.7 Å². The van der Waals surface area contributed by atoms with E-state index in [1.54, 1.807) is 67.5 Å². The molecule has 2 aromatic carbocycles. The zero-order valence-electron chi connectivity index (χ0n) is 16.0. The van der Waals surface area contributed by atoms with Crippen molar-refractivity contribution in [1.29, 1.82) is 0 Å². The number of ketones is 1. The summed E-state index contributed by atoms with van der Waals surface area (Å²) < 4.78 is 10.6. The summed E-state index contributed by atoms with van der Waals surface area (Å²) in [5.74, 6) is -0.786. The number of methoxy groups -OCH3 is 1. The van der Waals surface area contributed by atoms with Crippen molar-refractivity contribution in [2.24, 2.45) is 5.92 Å². The molecule has 6 nitrogen and oxygen atoms in total. The highest BCUT2D eigenvalue weighted by molar-refractivity contribution is 6.02. The van der Waals surface area contributed by atoms with Crippen LogP contribution in [0, 0.1) is 5.92 Å². The van der Waals surface area contributed by atoms with E-state index in [-0.39, 0.29) is 24.7 Å². The molecule has 2 aromatic rings. The fourth-order valence-electron chi connectivity index (χ4n) is 3.22. The van der Waals surface area contributed by atoms with Crippen LogP contribution in [0.15, 0.2) is 54.6 Å². The second-order valence-corrected chi connectivity index (χ2v) is 6.67. The second kappa shape index (κ2) is 8.69. The van der Waals surface area contributed by atoms with Crippen molar-refractivity contribution in [3.8, 4) is 5.75 Å². The SMILES string of the molecule is CC[C@H](OC(=O)[C@H]1CC(=O)N(c2ccc(OC)cc2)C1)C(=O)c1ccccc1. The Labute approximate surface area is 164 Å². The fourth-order valence-corrected chi connectivity index (χ4v) is 3.22. The molecule has 1 aliphatic heterocycles. The normalized spacial score (nSPS) is 17.3. The number of rotatable bonds is 7. The Kier molecular flexibility index (Phi) is 6.09. The molecule has 3 rings (SSSR count). The van der Waals surface area contributed by atoms with Crippen molar-refractivity contribution in [2.45, 2.75) is 25.9 Å². The van der Waals surface area contributed by atoms with Crippen LogP contribution in [0.25, 0.3) is 0 Å². The predicted molar refractivity (Wildman–Crippen MR) is 104 cm³/mol. The van der Waals surface area contributed by atoms with Gasteiger partial charge in [-0.05, 0) is 30.7 Å². The molecule has 0 aromatic heterocycles. The fraction of sp³-hybridized carbons (Fsp3) is 0.318. The molecule has 0 N–H and O–H groups in total. The molecule has 28 heavy (non-hydrogen) atoms. The van der Waals surface area contributed by atoms with Gasteiger partial charge in [0.1, 0.15) is 5.75 Å². The first kappa shape index (κ1) is 19.6. The van der Waals surface area contributed by atoms with Gasteiger partial charge in [-0.15, -0.1) is 0 Å². The molecule has 1 heterocycles. The third kappa shape index (κ3) is 4.22. The molecule has 1 fully saturated rings. The number of nitrogens with zero attached hydrogens (tertiary/aromatic N) is 1. The van der Waals surface area contributed by atoms with Gasteiger partial charge in [-0.2, -0.15) is 0 Å².